The summed E-state index contributed by atoms with van der Waals surface area (Å²) in [5.74, 6) is 0.297. The minimum absolute atomic E-state index is 0.00920. The molecule has 1 heterocycles. The first-order chi connectivity index (χ1) is 10.6. The van der Waals surface area contributed by atoms with Gasteiger partial charge in [-0.3, -0.25) is 14.3 Å². The van der Waals surface area contributed by atoms with Crippen LogP contribution in [0.4, 0.5) is 5.82 Å². The molecule has 0 spiro atoms. The molecule has 1 aliphatic carbocycles. The van der Waals surface area contributed by atoms with Crippen molar-refractivity contribution in [3.05, 3.63) is 11.8 Å². The van der Waals surface area contributed by atoms with Crippen LogP contribution in [-0.4, -0.2) is 39.9 Å². The van der Waals surface area contributed by atoms with Gasteiger partial charge >= 0.3 is 0 Å². The first-order valence-corrected chi connectivity index (χ1v) is 7.85. The molecule has 1 fully saturated rings. The quantitative estimate of drug-likeness (QED) is 0.684. The highest BCUT2D eigenvalue weighted by molar-refractivity contribution is 5.96. The summed E-state index contributed by atoms with van der Waals surface area (Å²) in [5, 5.41) is 18.4. The zero-order valence-electron chi connectivity index (χ0n) is 13.0. The molecule has 0 aromatic carbocycles. The van der Waals surface area contributed by atoms with Crippen molar-refractivity contribution < 1.29 is 14.7 Å². The molecule has 1 aromatic rings. The first kappa shape index (κ1) is 16.5. The van der Waals surface area contributed by atoms with E-state index in [9.17, 15) is 9.59 Å². The smallest absolute Gasteiger partial charge is 0.271 e. The van der Waals surface area contributed by atoms with Gasteiger partial charge in [0.1, 0.15) is 5.82 Å². The predicted molar refractivity (Wildman–Crippen MR) is 82.4 cm³/mol. The zero-order chi connectivity index (χ0) is 15.9. The molecule has 7 nitrogen and oxygen atoms in total. The van der Waals surface area contributed by atoms with Crippen molar-refractivity contribution in [3.63, 3.8) is 0 Å². The van der Waals surface area contributed by atoms with E-state index in [2.05, 4.69) is 15.7 Å². The molecule has 1 saturated carbocycles. The van der Waals surface area contributed by atoms with Crippen LogP contribution >= 0.6 is 0 Å². The van der Waals surface area contributed by atoms with Crippen molar-refractivity contribution in [2.45, 2.75) is 38.5 Å². The number of amides is 2. The van der Waals surface area contributed by atoms with Gasteiger partial charge in [-0.15, -0.1) is 0 Å². The van der Waals surface area contributed by atoms with E-state index in [0.717, 1.165) is 25.7 Å². The third-order valence-corrected chi connectivity index (χ3v) is 3.96. The molecule has 2 rings (SSSR count). The Balaban J connectivity index is 1.94. The molecule has 3 N–H and O–H groups in total. The average Bonchev–Trinajstić information content (AvgIpc) is 2.89. The Kier molecular flexibility index (Phi) is 5.94. The summed E-state index contributed by atoms with van der Waals surface area (Å²) in [4.78, 5) is 24.1. The van der Waals surface area contributed by atoms with Crippen molar-refractivity contribution in [2.24, 2.45) is 13.0 Å². The van der Waals surface area contributed by atoms with Gasteiger partial charge in [-0.2, -0.15) is 5.10 Å². The van der Waals surface area contributed by atoms with Gasteiger partial charge in [0.25, 0.3) is 5.91 Å². The van der Waals surface area contributed by atoms with Crippen LogP contribution in [0, 0.1) is 5.92 Å². The fraction of sp³-hybridized carbons (Fsp3) is 0.667. The molecule has 0 atom stereocenters. The maximum Gasteiger partial charge on any atom is 0.271 e. The maximum atomic E-state index is 12.2. The number of carbonyl (C=O) groups excluding carboxylic acids is 2. The summed E-state index contributed by atoms with van der Waals surface area (Å²) in [6.45, 7) is 0.431. The van der Waals surface area contributed by atoms with Gasteiger partial charge in [0.15, 0.2) is 5.69 Å². The molecule has 0 saturated heterocycles. The molecule has 0 aliphatic heterocycles. The molecule has 0 unspecified atom stereocenters. The molecule has 1 aliphatic rings. The van der Waals surface area contributed by atoms with Crippen molar-refractivity contribution in [3.8, 4) is 0 Å². The van der Waals surface area contributed by atoms with Gasteiger partial charge in [-0.05, 0) is 19.3 Å². The van der Waals surface area contributed by atoms with Crippen LogP contribution in [-0.2, 0) is 11.8 Å². The molecule has 122 valence electrons. The second-order valence-corrected chi connectivity index (χ2v) is 5.70. The lowest BCUT2D eigenvalue weighted by Crippen LogP contribution is -2.25. The van der Waals surface area contributed by atoms with Crippen LogP contribution in [0.3, 0.4) is 0 Å². The number of anilines is 1. The third-order valence-electron chi connectivity index (χ3n) is 3.96. The topological polar surface area (TPSA) is 96.2 Å². The Morgan fingerprint density at radius 1 is 1.36 bits per heavy atom. The second-order valence-electron chi connectivity index (χ2n) is 5.70. The number of hydrogen-bond acceptors (Lipinski definition) is 4. The summed E-state index contributed by atoms with van der Waals surface area (Å²) >= 11 is 0. The van der Waals surface area contributed by atoms with E-state index in [4.69, 9.17) is 5.11 Å². The van der Waals surface area contributed by atoms with E-state index in [1.54, 1.807) is 13.1 Å². The largest absolute Gasteiger partial charge is 0.396 e. The Bertz CT molecular complexity index is 521. The van der Waals surface area contributed by atoms with Gasteiger partial charge in [-0.25, -0.2) is 0 Å². The lowest BCUT2D eigenvalue weighted by atomic mass is 9.89. The number of hydrogen-bond donors (Lipinski definition) is 3. The Morgan fingerprint density at radius 3 is 2.77 bits per heavy atom. The fourth-order valence-corrected chi connectivity index (χ4v) is 2.66. The summed E-state index contributed by atoms with van der Waals surface area (Å²) < 4.78 is 1.50. The minimum Gasteiger partial charge on any atom is -0.396 e. The van der Waals surface area contributed by atoms with Crippen molar-refractivity contribution >= 4 is 17.6 Å². The number of nitrogens with one attached hydrogen (secondary N) is 2. The van der Waals surface area contributed by atoms with Crippen molar-refractivity contribution in [1.82, 2.24) is 15.1 Å². The summed E-state index contributed by atoms with van der Waals surface area (Å²) in [6.07, 6.45) is 5.76. The lowest BCUT2D eigenvalue weighted by Gasteiger charge is -2.20. The highest BCUT2D eigenvalue weighted by atomic mass is 16.3. The summed E-state index contributed by atoms with van der Waals surface area (Å²) in [5.41, 5.74) is 0.263. The summed E-state index contributed by atoms with van der Waals surface area (Å²) in [6, 6.07) is 1.58. The molecule has 1 aromatic heterocycles. The highest BCUT2D eigenvalue weighted by Gasteiger charge is 2.22. The minimum atomic E-state index is -0.304. The van der Waals surface area contributed by atoms with Gasteiger partial charge in [-0.1, -0.05) is 19.3 Å². The van der Waals surface area contributed by atoms with E-state index in [1.807, 2.05) is 0 Å². The number of carbonyl (C=O) groups is 2. The first-order valence-electron chi connectivity index (χ1n) is 7.85. The monoisotopic (exact) mass is 308 g/mol. The van der Waals surface area contributed by atoms with Gasteiger partial charge in [0.2, 0.25) is 5.91 Å². The third kappa shape index (κ3) is 4.30. The molecule has 2 amide bonds. The van der Waals surface area contributed by atoms with E-state index in [1.165, 1.54) is 11.1 Å². The van der Waals surface area contributed by atoms with Crippen LogP contribution < -0.4 is 10.6 Å². The number of aliphatic hydroxyl groups is 1. The number of rotatable bonds is 6. The van der Waals surface area contributed by atoms with Crippen LogP contribution in [0.5, 0.6) is 0 Å². The number of nitrogens with zero attached hydrogens (tertiary/aromatic N) is 2. The summed E-state index contributed by atoms with van der Waals surface area (Å²) in [7, 11) is 1.70. The lowest BCUT2D eigenvalue weighted by molar-refractivity contribution is -0.120. The van der Waals surface area contributed by atoms with Crippen LogP contribution in [0.15, 0.2) is 6.07 Å². The number of aromatic nitrogens is 2. The molecule has 22 heavy (non-hydrogen) atoms. The highest BCUT2D eigenvalue weighted by Crippen LogP contribution is 2.25. The normalized spacial score (nSPS) is 15.5. The van der Waals surface area contributed by atoms with E-state index in [-0.39, 0.29) is 30.0 Å². The van der Waals surface area contributed by atoms with E-state index >= 15 is 0 Å². The second kappa shape index (κ2) is 7.93. The van der Waals surface area contributed by atoms with Crippen molar-refractivity contribution in [2.75, 3.05) is 18.5 Å². The van der Waals surface area contributed by atoms with Gasteiger partial charge in [0, 0.05) is 32.2 Å². The Labute approximate surface area is 130 Å². The predicted octanol–water partition coefficient (Wildman–Crippen LogP) is 1.05. The molecule has 7 heteroatoms. The number of aliphatic hydroxyl groups excluding tert-OH is 1. The Hall–Kier alpha value is -1.89. The standard InChI is InChI=1S/C15H24N4O3/c1-19-13(17-14(21)11-6-3-2-4-7-11)10-12(18-19)15(22)16-8-5-9-20/h10-11,20H,2-9H2,1H3,(H,16,22)(H,17,21). The zero-order valence-corrected chi connectivity index (χ0v) is 13.0. The van der Waals surface area contributed by atoms with E-state index in [0.29, 0.717) is 18.8 Å². The maximum absolute atomic E-state index is 12.2. The molecular weight excluding hydrogens is 284 g/mol. The number of aryl methyl sites for hydroxylation is 1. The van der Waals surface area contributed by atoms with Crippen LogP contribution in [0.25, 0.3) is 0 Å². The van der Waals surface area contributed by atoms with Gasteiger partial charge < -0.3 is 15.7 Å². The Morgan fingerprint density at radius 2 is 2.09 bits per heavy atom. The van der Waals surface area contributed by atoms with Crippen molar-refractivity contribution in [1.29, 1.82) is 0 Å². The van der Waals surface area contributed by atoms with Crippen LogP contribution in [0.1, 0.15) is 49.0 Å². The van der Waals surface area contributed by atoms with Crippen LogP contribution in [0.2, 0.25) is 0 Å². The molecule has 0 radical (unpaired) electrons. The molecule has 0 bridgehead atoms. The SMILES string of the molecule is Cn1nc(C(=O)NCCCO)cc1NC(=O)C1CCCCC1. The fourth-order valence-electron chi connectivity index (χ4n) is 2.66. The molecular formula is C15H24N4O3. The van der Waals surface area contributed by atoms with Gasteiger partial charge in [0.05, 0.1) is 0 Å². The van der Waals surface area contributed by atoms with E-state index < -0.39 is 0 Å². The average molecular weight is 308 g/mol.